The summed E-state index contributed by atoms with van der Waals surface area (Å²) in [6.07, 6.45) is 4.01. The van der Waals surface area contributed by atoms with Crippen molar-refractivity contribution in [1.82, 2.24) is 24.9 Å². The van der Waals surface area contributed by atoms with Gasteiger partial charge in [-0.2, -0.15) is 14.5 Å². The number of aromatic nitrogens is 4. The number of thiophene rings is 1. The first-order valence-corrected chi connectivity index (χ1v) is 11.2. The van der Waals surface area contributed by atoms with E-state index in [0.29, 0.717) is 29.7 Å². The van der Waals surface area contributed by atoms with Crippen LogP contribution >= 0.6 is 11.3 Å². The van der Waals surface area contributed by atoms with Crippen LogP contribution in [-0.4, -0.2) is 45.1 Å². The smallest absolute Gasteiger partial charge is 0.256 e. The summed E-state index contributed by atoms with van der Waals surface area (Å²) < 4.78 is 6.87. The fourth-order valence-corrected chi connectivity index (χ4v) is 4.54. The molecule has 0 atom stereocenters. The van der Waals surface area contributed by atoms with Crippen molar-refractivity contribution in [3.8, 4) is 11.6 Å². The zero-order chi connectivity index (χ0) is 21.2. The largest absolute Gasteiger partial charge is 0.461 e. The second kappa shape index (κ2) is 8.38. The normalized spacial score (nSPS) is 14.9. The molecule has 5 heterocycles. The number of fused-ring (bicyclic) bond motifs is 1. The zero-order valence-electron chi connectivity index (χ0n) is 16.9. The van der Waals surface area contributed by atoms with Crippen molar-refractivity contribution in [3.63, 3.8) is 0 Å². The molecule has 3 N–H and O–H groups in total. The number of carbonyl (C=O) groups excluding carboxylic acids is 1. The number of anilines is 2. The Bertz CT molecular complexity index is 1160. The van der Waals surface area contributed by atoms with Crippen LogP contribution in [-0.2, 0) is 11.2 Å². The van der Waals surface area contributed by atoms with Crippen LogP contribution in [0.15, 0.2) is 46.4 Å². The van der Waals surface area contributed by atoms with Gasteiger partial charge >= 0.3 is 0 Å². The number of carbonyl (C=O) groups is 1. The standard InChI is InChI=1S/C21H23N7O2S/c22-17-13-18(24-21-25-19(26-28(17)21)16-4-1-11-30-16)27-9-6-14(7-10-27)20(29)23-8-5-15-3-2-12-31-15/h1-4,11-14H,5-10,22H2,(H,23,29). The molecule has 1 fully saturated rings. The molecule has 0 aliphatic carbocycles. The number of nitrogens with one attached hydrogen (secondary N) is 1. The number of piperidine rings is 1. The van der Waals surface area contributed by atoms with E-state index in [4.69, 9.17) is 10.2 Å². The monoisotopic (exact) mass is 437 g/mol. The molecule has 1 amide bonds. The van der Waals surface area contributed by atoms with E-state index < -0.39 is 0 Å². The van der Waals surface area contributed by atoms with E-state index >= 15 is 0 Å². The first kappa shape index (κ1) is 19.6. The molecule has 0 bridgehead atoms. The Morgan fingerprint density at radius 1 is 1.26 bits per heavy atom. The minimum atomic E-state index is 0.0271. The number of furan rings is 1. The molecule has 5 rings (SSSR count). The fourth-order valence-electron chi connectivity index (χ4n) is 3.83. The predicted molar refractivity (Wildman–Crippen MR) is 119 cm³/mol. The van der Waals surface area contributed by atoms with Gasteiger partial charge in [0.1, 0.15) is 11.6 Å². The molecule has 31 heavy (non-hydrogen) atoms. The lowest BCUT2D eigenvalue weighted by atomic mass is 9.96. The highest BCUT2D eigenvalue weighted by Gasteiger charge is 2.26. The summed E-state index contributed by atoms with van der Waals surface area (Å²) in [5.74, 6) is 2.81. The van der Waals surface area contributed by atoms with Crippen molar-refractivity contribution in [3.05, 3.63) is 46.9 Å². The maximum atomic E-state index is 12.5. The first-order chi connectivity index (χ1) is 15.2. The number of amides is 1. The highest BCUT2D eigenvalue weighted by atomic mass is 32.1. The summed E-state index contributed by atoms with van der Waals surface area (Å²) in [6, 6.07) is 9.51. The lowest BCUT2D eigenvalue weighted by Gasteiger charge is -2.32. The summed E-state index contributed by atoms with van der Waals surface area (Å²) in [4.78, 5) is 25.0. The Kier molecular flexibility index (Phi) is 5.29. The molecule has 0 unspecified atom stereocenters. The van der Waals surface area contributed by atoms with Crippen LogP contribution in [0.1, 0.15) is 17.7 Å². The number of nitrogen functional groups attached to an aromatic ring is 1. The molecular weight excluding hydrogens is 414 g/mol. The highest BCUT2D eigenvalue weighted by molar-refractivity contribution is 7.09. The van der Waals surface area contributed by atoms with Crippen LogP contribution in [0.4, 0.5) is 11.6 Å². The molecule has 1 aliphatic rings. The molecule has 0 radical (unpaired) electrons. The average molecular weight is 438 g/mol. The number of nitrogens with two attached hydrogens (primary N) is 1. The van der Waals surface area contributed by atoms with Crippen LogP contribution < -0.4 is 16.0 Å². The van der Waals surface area contributed by atoms with Gasteiger partial charge in [0.05, 0.1) is 6.26 Å². The van der Waals surface area contributed by atoms with Crippen molar-refractivity contribution in [2.24, 2.45) is 5.92 Å². The third-order valence-corrected chi connectivity index (χ3v) is 6.44. The van der Waals surface area contributed by atoms with Gasteiger partial charge in [0.2, 0.25) is 11.7 Å². The summed E-state index contributed by atoms with van der Waals surface area (Å²) in [5, 5.41) is 9.51. The van der Waals surface area contributed by atoms with Gasteiger partial charge in [-0.25, -0.2) is 0 Å². The van der Waals surface area contributed by atoms with E-state index in [0.717, 1.165) is 38.2 Å². The van der Waals surface area contributed by atoms with E-state index in [-0.39, 0.29) is 11.8 Å². The van der Waals surface area contributed by atoms with Crippen molar-refractivity contribution in [2.75, 3.05) is 30.3 Å². The highest BCUT2D eigenvalue weighted by Crippen LogP contribution is 2.25. The minimum Gasteiger partial charge on any atom is -0.461 e. The quantitative estimate of drug-likeness (QED) is 0.476. The second-order valence-electron chi connectivity index (χ2n) is 7.55. The van der Waals surface area contributed by atoms with Gasteiger partial charge in [-0.1, -0.05) is 6.07 Å². The Labute approximate surface area is 182 Å². The van der Waals surface area contributed by atoms with E-state index in [1.807, 2.05) is 6.07 Å². The number of rotatable bonds is 6. The molecule has 4 aromatic heterocycles. The minimum absolute atomic E-state index is 0.0271. The van der Waals surface area contributed by atoms with Crippen LogP contribution in [0.5, 0.6) is 0 Å². The number of nitrogens with zero attached hydrogens (tertiary/aromatic N) is 5. The summed E-state index contributed by atoms with van der Waals surface area (Å²) in [7, 11) is 0. The van der Waals surface area contributed by atoms with Crippen LogP contribution in [0.25, 0.3) is 17.4 Å². The van der Waals surface area contributed by atoms with Gasteiger partial charge in [-0.15, -0.1) is 16.4 Å². The number of hydrogen-bond acceptors (Lipinski definition) is 8. The van der Waals surface area contributed by atoms with Crippen LogP contribution in [0.3, 0.4) is 0 Å². The molecule has 0 spiro atoms. The van der Waals surface area contributed by atoms with E-state index in [1.165, 1.54) is 9.39 Å². The molecule has 9 nitrogen and oxygen atoms in total. The van der Waals surface area contributed by atoms with Crippen molar-refractivity contribution in [1.29, 1.82) is 0 Å². The Morgan fingerprint density at radius 2 is 2.13 bits per heavy atom. The second-order valence-corrected chi connectivity index (χ2v) is 8.58. The van der Waals surface area contributed by atoms with Gasteiger partial charge in [-0.3, -0.25) is 4.79 Å². The van der Waals surface area contributed by atoms with Gasteiger partial charge in [0, 0.05) is 36.5 Å². The fraction of sp³-hybridized carbons (Fsp3) is 0.333. The number of hydrogen-bond donors (Lipinski definition) is 2. The molecule has 10 heteroatoms. The molecule has 4 aromatic rings. The van der Waals surface area contributed by atoms with E-state index in [1.54, 1.807) is 35.8 Å². The third-order valence-electron chi connectivity index (χ3n) is 5.51. The molecule has 1 aliphatic heterocycles. The first-order valence-electron chi connectivity index (χ1n) is 10.3. The summed E-state index contributed by atoms with van der Waals surface area (Å²) >= 11 is 1.72. The lowest BCUT2D eigenvalue weighted by Crippen LogP contribution is -2.41. The van der Waals surface area contributed by atoms with E-state index in [9.17, 15) is 4.79 Å². The maximum absolute atomic E-state index is 12.5. The summed E-state index contributed by atoms with van der Waals surface area (Å²) in [5.41, 5.74) is 6.20. The average Bonchev–Trinajstić information content (AvgIpc) is 3.54. The van der Waals surface area contributed by atoms with Crippen LogP contribution in [0, 0.1) is 5.92 Å². The molecular formula is C21H23N7O2S. The van der Waals surface area contributed by atoms with E-state index in [2.05, 4.69) is 36.7 Å². The van der Waals surface area contributed by atoms with Gasteiger partial charge in [-0.05, 0) is 42.8 Å². The Balaban J connectivity index is 1.21. The summed E-state index contributed by atoms with van der Waals surface area (Å²) in [6.45, 7) is 2.16. The molecule has 0 saturated carbocycles. The molecule has 0 aromatic carbocycles. The third kappa shape index (κ3) is 4.11. The maximum Gasteiger partial charge on any atom is 0.256 e. The van der Waals surface area contributed by atoms with Crippen molar-refractivity contribution < 1.29 is 9.21 Å². The Morgan fingerprint density at radius 3 is 2.87 bits per heavy atom. The van der Waals surface area contributed by atoms with Gasteiger partial charge < -0.3 is 20.4 Å². The molecule has 1 saturated heterocycles. The molecule has 160 valence electrons. The SMILES string of the molecule is Nc1cc(N2CCC(C(=O)NCCc3cccs3)CC2)nc2nc(-c3ccco3)nn12. The van der Waals surface area contributed by atoms with Gasteiger partial charge in [0.15, 0.2) is 5.76 Å². The zero-order valence-corrected chi connectivity index (χ0v) is 17.7. The van der Waals surface area contributed by atoms with Crippen LogP contribution in [0.2, 0.25) is 0 Å². The Hall–Kier alpha value is -3.40. The lowest BCUT2D eigenvalue weighted by molar-refractivity contribution is -0.125. The van der Waals surface area contributed by atoms with Crippen molar-refractivity contribution in [2.45, 2.75) is 19.3 Å². The predicted octanol–water partition coefficient (Wildman–Crippen LogP) is 2.60. The van der Waals surface area contributed by atoms with Crippen molar-refractivity contribution >= 4 is 34.7 Å². The topological polar surface area (TPSA) is 115 Å². The van der Waals surface area contributed by atoms with Gasteiger partial charge in [0.25, 0.3) is 5.78 Å².